The number of nitrogens with one attached hydrogen (secondary N) is 2. The maximum Gasteiger partial charge on any atom is 0.519 e. The fourth-order valence-corrected chi connectivity index (χ4v) is 5.18. The van der Waals surface area contributed by atoms with E-state index in [1.807, 2.05) is 0 Å². The first-order chi connectivity index (χ1) is 19.0. The van der Waals surface area contributed by atoms with Gasteiger partial charge < -0.3 is 27.4 Å². The van der Waals surface area contributed by atoms with E-state index < -0.39 is 22.0 Å². The molecule has 214 valence electrons. The van der Waals surface area contributed by atoms with Crippen molar-refractivity contribution in [3.05, 3.63) is 63.3 Å². The van der Waals surface area contributed by atoms with Crippen molar-refractivity contribution in [2.45, 2.75) is 38.2 Å². The highest BCUT2D eigenvalue weighted by Crippen LogP contribution is 2.26. The Morgan fingerprint density at radius 2 is 1.88 bits per heavy atom. The molecular formula is C24H26ClN5O9S. The van der Waals surface area contributed by atoms with E-state index in [1.165, 1.54) is 31.2 Å². The van der Waals surface area contributed by atoms with Crippen molar-refractivity contribution in [3.8, 4) is 11.8 Å². The van der Waals surface area contributed by atoms with E-state index in [9.17, 15) is 18.0 Å². The first kappa shape index (κ1) is 28.9. The summed E-state index contributed by atoms with van der Waals surface area (Å²) < 4.78 is 50.7. The summed E-state index contributed by atoms with van der Waals surface area (Å²) in [5.74, 6) is -0.382. The van der Waals surface area contributed by atoms with Gasteiger partial charge in [0.1, 0.15) is 10.7 Å². The van der Waals surface area contributed by atoms with Gasteiger partial charge in [-0.05, 0) is 44.7 Å². The third-order valence-corrected chi connectivity index (χ3v) is 7.61. The lowest BCUT2D eigenvalue weighted by atomic mass is 9.98. The van der Waals surface area contributed by atoms with E-state index >= 15 is 0 Å². The zero-order valence-electron chi connectivity index (χ0n) is 21.5. The third kappa shape index (κ3) is 7.51. The molecule has 1 saturated heterocycles. The second-order valence-corrected chi connectivity index (χ2v) is 10.7. The summed E-state index contributed by atoms with van der Waals surface area (Å²) in [6, 6.07) is 7.20. The lowest BCUT2D eigenvalue weighted by Gasteiger charge is -2.33. The van der Waals surface area contributed by atoms with Crippen LogP contribution in [0.15, 0.2) is 48.9 Å². The normalized spacial score (nSPS) is 14.0. The van der Waals surface area contributed by atoms with Gasteiger partial charge in [-0.2, -0.15) is 18.4 Å². The number of hydrogen-bond donors (Lipinski definition) is 2. The number of aryl methyl sites for hydroxylation is 2. The minimum absolute atomic E-state index is 0.0236. The van der Waals surface area contributed by atoms with Crippen molar-refractivity contribution in [3.63, 3.8) is 0 Å². The summed E-state index contributed by atoms with van der Waals surface area (Å²) in [7, 11) is -4.22. The molecule has 0 atom stereocenters. The number of guanidine groups is 1. The molecule has 40 heavy (non-hydrogen) atoms. The van der Waals surface area contributed by atoms with Gasteiger partial charge >= 0.3 is 22.0 Å². The van der Waals surface area contributed by atoms with Crippen molar-refractivity contribution < 1.29 is 35.7 Å². The maximum atomic E-state index is 12.6. The minimum Gasteiger partial charge on any atom is -0.477 e. The molecule has 1 aliphatic heterocycles. The highest BCUT2D eigenvalue weighted by Gasteiger charge is 2.24. The third-order valence-electron chi connectivity index (χ3n) is 5.88. The van der Waals surface area contributed by atoms with Crippen LogP contribution in [-0.2, 0) is 21.5 Å². The molecule has 0 unspecified atom stereocenters. The smallest absolute Gasteiger partial charge is 0.477 e. The fraction of sp³-hybridized carbons (Fsp3) is 0.375. The van der Waals surface area contributed by atoms with E-state index in [4.69, 9.17) is 39.5 Å². The molecule has 0 radical (unpaired) electrons. The summed E-state index contributed by atoms with van der Waals surface area (Å²) in [4.78, 5) is 32.8. The van der Waals surface area contributed by atoms with Gasteiger partial charge in [0.2, 0.25) is 17.7 Å². The molecule has 2 aromatic heterocycles. The van der Waals surface area contributed by atoms with Crippen LogP contribution in [0.1, 0.15) is 30.2 Å². The number of carbonyl (C=O) groups excluding carboxylic acids is 1. The van der Waals surface area contributed by atoms with E-state index in [0.717, 1.165) is 0 Å². The number of carbonyl (C=O) groups is 1. The Morgan fingerprint density at radius 1 is 1.18 bits per heavy atom. The summed E-state index contributed by atoms with van der Waals surface area (Å²) in [5, 5.41) is 10.5. The lowest BCUT2D eigenvalue weighted by Crippen LogP contribution is -2.47. The molecular weight excluding hydrogens is 570 g/mol. The number of benzene rings is 1. The van der Waals surface area contributed by atoms with Crippen molar-refractivity contribution in [1.29, 1.82) is 5.41 Å². The highest BCUT2D eigenvalue weighted by atomic mass is 35.5. The minimum atomic E-state index is -4.22. The predicted molar refractivity (Wildman–Crippen MR) is 139 cm³/mol. The topological polar surface area (TPSA) is 187 Å². The number of aromatic nitrogens is 2. The van der Waals surface area contributed by atoms with Crippen molar-refractivity contribution in [2.75, 3.05) is 19.7 Å². The van der Waals surface area contributed by atoms with Crippen LogP contribution in [0, 0.1) is 25.2 Å². The summed E-state index contributed by atoms with van der Waals surface area (Å²) in [6.45, 7) is 4.03. The Labute approximate surface area is 233 Å². The lowest BCUT2D eigenvalue weighted by molar-refractivity contribution is 0.132. The second kappa shape index (κ2) is 12.4. The Bertz CT molecular complexity index is 1550. The number of halogens is 1. The molecule has 1 fully saturated rings. The van der Waals surface area contributed by atoms with Crippen LogP contribution in [0.5, 0.6) is 11.8 Å². The average Bonchev–Trinajstić information content (AvgIpc) is 3.22. The number of likely N-dealkylation sites (tertiary alicyclic amines) is 1. The molecule has 0 aliphatic carbocycles. The molecule has 0 bridgehead atoms. The van der Waals surface area contributed by atoms with Gasteiger partial charge in [-0.3, -0.25) is 10.7 Å². The number of alkyl carbamates (subject to hydrolysis) is 1. The van der Waals surface area contributed by atoms with Gasteiger partial charge in [0.25, 0.3) is 0 Å². The average molecular weight is 596 g/mol. The largest absolute Gasteiger partial charge is 0.519 e. The standard InChI is InChI=1S/C24H26ClN5O9S/c1-14-18(38-24(32)37-14)13-36-23(31)29-22(26)30-9-7-16(8-10-30)12-35-20-11-21(28-15(2)27-20)39-40(33,34)19-6-4-3-5-17(19)25/h3-6,11,16H,7-10,12-13H2,1-2H3,(H2,26,29,31). The van der Waals surface area contributed by atoms with Gasteiger partial charge in [-0.25, -0.2) is 9.59 Å². The highest BCUT2D eigenvalue weighted by molar-refractivity contribution is 7.87. The Morgan fingerprint density at radius 3 is 2.55 bits per heavy atom. The van der Waals surface area contributed by atoms with Gasteiger partial charge in [0, 0.05) is 13.1 Å². The van der Waals surface area contributed by atoms with Crippen LogP contribution >= 0.6 is 11.6 Å². The number of nitrogens with zero attached hydrogens (tertiary/aromatic N) is 3. The monoisotopic (exact) mass is 595 g/mol. The molecule has 1 aromatic carbocycles. The Hall–Kier alpha value is -4.11. The van der Waals surface area contributed by atoms with Crippen LogP contribution < -0.4 is 20.1 Å². The molecule has 3 heterocycles. The van der Waals surface area contributed by atoms with E-state index in [0.29, 0.717) is 32.5 Å². The zero-order valence-corrected chi connectivity index (χ0v) is 23.1. The first-order valence-electron chi connectivity index (χ1n) is 12.0. The molecule has 14 nitrogen and oxygen atoms in total. The fourth-order valence-electron chi connectivity index (χ4n) is 3.81. The summed E-state index contributed by atoms with van der Waals surface area (Å²) in [6.07, 6.45) is 0.451. The molecule has 16 heteroatoms. The number of amides is 1. The van der Waals surface area contributed by atoms with Gasteiger partial charge in [-0.1, -0.05) is 23.7 Å². The van der Waals surface area contributed by atoms with Crippen LogP contribution in [0.2, 0.25) is 5.02 Å². The molecule has 4 rings (SSSR count). The molecule has 2 N–H and O–H groups in total. The molecule has 0 saturated carbocycles. The van der Waals surface area contributed by atoms with Gasteiger partial charge in [0.15, 0.2) is 18.1 Å². The zero-order chi connectivity index (χ0) is 28.9. The van der Waals surface area contributed by atoms with Gasteiger partial charge in [-0.15, -0.1) is 0 Å². The number of ether oxygens (including phenoxy) is 2. The predicted octanol–water partition coefficient (Wildman–Crippen LogP) is 3.01. The Kier molecular flexibility index (Phi) is 8.94. The van der Waals surface area contributed by atoms with Crippen LogP contribution in [0.3, 0.4) is 0 Å². The van der Waals surface area contributed by atoms with E-state index in [-0.39, 0.29) is 57.5 Å². The molecule has 0 spiro atoms. The van der Waals surface area contributed by atoms with Crippen LogP contribution in [0.4, 0.5) is 4.79 Å². The summed E-state index contributed by atoms with van der Waals surface area (Å²) in [5.41, 5.74) is 0. The number of piperidine rings is 1. The van der Waals surface area contributed by atoms with E-state index in [2.05, 4.69) is 15.3 Å². The number of rotatable bonds is 8. The SMILES string of the molecule is Cc1nc(OCC2CCN(C(=N)NC(=O)OCc3oc(=O)oc3C)CC2)cc(OS(=O)(=O)c2ccccc2Cl)n1. The number of hydrogen-bond acceptors (Lipinski definition) is 12. The van der Waals surface area contributed by atoms with Crippen molar-refractivity contribution in [1.82, 2.24) is 20.2 Å². The van der Waals surface area contributed by atoms with Crippen LogP contribution in [-0.4, -0.2) is 55.0 Å². The molecule has 1 aliphatic rings. The quantitative estimate of drug-likeness (QED) is 0.220. The van der Waals surface area contributed by atoms with Crippen molar-refractivity contribution in [2.24, 2.45) is 5.92 Å². The summed E-state index contributed by atoms with van der Waals surface area (Å²) >= 11 is 5.99. The second-order valence-electron chi connectivity index (χ2n) is 8.78. The first-order valence-corrected chi connectivity index (χ1v) is 13.8. The van der Waals surface area contributed by atoms with Gasteiger partial charge in [0.05, 0.1) is 17.7 Å². The molecule has 1 amide bonds. The Balaban J connectivity index is 1.24. The maximum absolute atomic E-state index is 12.6. The van der Waals surface area contributed by atoms with E-state index in [1.54, 1.807) is 17.9 Å². The van der Waals surface area contributed by atoms with Crippen LogP contribution in [0.25, 0.3) is 0 Å². The molecule has 3 aromatic rings. The van der Waals surface area contributed by atoms with Crippen molar-refractivity contribution >= 4 is 33.8 Å².